The van der Waals surface area contributed by atoms with Gasteiger partial charge in [-0.15, -0.1) is 0 Å². The summed E-state index contributed by atoms with van der Waals surface area (Å²) in [6.07, 6.45) is 1.72. The number of benzene rings is 1. The molecule has 0 aliphatic heterocycles. The Hall–Kier alpha value is -2.68. The van der Waals surface area contributed by atoms with Gasteiger partial charge in [-0.2, -0.15) is 0 Å². The normalized spacial score (nSPS) is 12.6. The Morgan fingerprint density at radius 2 is 1.90 bits per heavy atom. The Labute approximate surface area is 180 Å². The first-order valence-electron chi connectivity index (χ1n) is 9.44. The second kappa shape index (κ2) is 15.2. The van der Waals surface area contributed by atoms with Crippen LogP contribution in [0.25, 0.3) is 0 Å². The van der Waals surface area contributed by atoms with Gasteiger partial charge in [0.1, 0.15) is 11.9 Å². The Kier molecular flexibility index (Phi) is 13.8. The van der Waals surface area contributed by atoms with Crippen LogP contribution in [0.2, 0.25) is 5.02 Å². The van der Waals surface area contributed by atoms with Gasteiger partial charge in [-0.3, -0.25) is 19.7 Å². The van der Waals surface area contributed by atoms with Crippen LogP contribution >= 0.6 is 11.6 Å². The predicted molar refractivity (Wildman–Crippen MR) is 114 cm³/mol. The molecule has 0 heterocycles. The van der Waals surface area contributed by atoms with Crippen LogP contribution in [0.4, 0.5) is 14.9 Å². The van der Waals surface area contributed by atoms with E-state index in [1.807, 2.05) is 6.92 Å². The molecule has 1 aromatic carbocycles. The largest absolute Gasteiger partial charge is 0.446 e. The number of rotatable bonds is 7. The molecule has 8 nitrogen and oxygen atoms in total. The van der Waals surface area contributed by atoms with E-state index < -0.39 is 18.2 Å². The number of amides is 3. The Bertz CT molecular complexity index is 712. The van der Waals surface area contributed by atoms with Crippen LogP contribution in [0, 0.1) is 0 Å². The van der Waals surface area contributed by atoms with Crippen LogP contribution in [-0.2, 0) is 14.3 Å². The number of halogens is 2. The lowest BCUT2D eigenvalue weighted by Gasteiger charge is -2.11. The molecule has 0 bridgehead atoms. The molecule has 0 aromatic heterocycles. The molecule has 3 amide bonds. The topological polar surface area (TPSA) is 114 Å². The Balaban J connectivity index is 0.000000789. The third-order valence-corrected chi connectivity index (χ3v) is 3.67. The highest BCUT2D eigenvalue weighted by Gasteiger charge is 2.26. The fourth-order valence-electron chi connectivity index (χ4n) is 1.59. The Morgan fingerprint density at radius 3 is 2.33 bits per heavy atom. The molecule has 3 N–H and O–H groups in total. The maximum atomic E-state index is 12.0. The summed E-state index contributed by atoms with van der Waals surface area (Å²) in [5.74, 6) is -0.664. The van der Waals surface area contributed by atoms with Gasteiger partial charge in [0.15, 0.2) is 0 Å². The zero-order valence-electron chi connectivity index (χ0n) is 17.6. The van der Waals surface area contributed by atoms with Crippen LogP contribution in [0.5, 0.6) is 0 Å². The fourth-order valence-corrected chi connectivity index (χ4v) is 1.76. The van der Waals surface area contributed by atoms with E-state index in [0.29, 0.717) is 17.9 Å². The van der Waals surface area contributed by atoms with Crippen molar-refractivity contribution < 1.29 is 28.3 Å². The smallest absolute Gasteiger partial charge is 0.411 e. The van der Waals surface area contributed by atoms with E-state index in [1.165, 1.54) is 19.1 Å². The summed E-state index contributed by atoms with van der Waals surface area (Å²) in [7, 11) is 1.56. The molecule has 1 unspecified atom stereocenters. The average Bonchev–Trinajstić information content (AvgIpc) is 3.51. The second-order valence-corrected chi connectivity index (χ2v) is 6.84. The summed E-state index contributed by atoms with van der Waals surface area (Å²) in [4.78, 5) is 43.6. The summed E-state index contributed by atoms with van der Waals surface area (Å²) in [6.45, 7) is 4.66. The number of hydrogen-bond acceptors (Lipinski definition) is 5. The van der Waals surface area contributed by atoms with Crippen molar-refractivity contribution in [2.75, 3.05) is 18.9 Å². The molecule has 0 saturated heterocycles. The predicted octanol–water partition coefficient (Wildman–Crippen LogP) is 3.49. The van der Waals surface area contributed by atoms with E-state index in [0.717, 1.165) is 12.8 Å². The van der Waals surface area contributed by atoms with Gasteiger partial charge in [-0.05, 0) is 51.3 Å². The van der Waals surface area contributed by atoms with Crippen molar-refractivity contribution in [3.05, 3.63) is 28.8 Å². The zero-order chi connectivity index (χ0) is 23.1. The maximum Gasteiger partial charge on any atom is 0.411 e. The molecular weight excluding hydrogens is 417 g/mol. The summed E-state index contributed by atoms with van der Waals surface area (Å²) in [5.41, 5.74) is 0.461. The van der Waals surface area contributed by atoms with Gasteiger partial charge in [0, 0.05) is 12.1 Å². The fraction of sp³-hybridized carbons (Fsp3) is 0.500. The maximum absolute atomic E-state index is 12.0. The minimum absolute atomic E-state index is 0.0349. The zero-order valence-corrected chi connectivity index (χ0v) is 18.3. The van der Waals surface area contributed by atoms with Gasteiger partial charge in [0.2, 0.25) is 6.41 Å². The number of ether oxygens (including phenoxy) is 1. The van der Waals surface area contributed by atoms with E-state index in [9.17, 15) is 18.8 Å². The van der Waals surface area contributed by atoms with E-state index in [1.54, 1.807) is 20.0 Å². The third kappa shape index (κ3) is 13.5. The van der Waals surface area contributed by atoms with Gasteiger partial charge in [-0.1, -0.05) is 18.5 Å². The van der Waals surface area contributed by atoms with Gasteiger partial charge >= 0.3 is 6.09 Å². The highest BCUT2D eigenvalue weighted by molar-refractivity contribution is 6.31. The van der Waals surface area contributed by atoms with Crippen molar-refractivity contribution in [2.24, 2.45) is 0 Å². The van der Waals surface area contributed by atoms with Gasteiger partial charge in [0.05, 0.1) is 24.0 Å². The summed E-state index contributed by atoms with van der Waals surface area (Å²) in [6, 6.07) is 4.49. The third-order valence-electron chi connectivity index (χ3n) is 3.44. The lowest BCUT2D eigenvalue weighted by atomic mass is 10.1. The highest BCUT2D eigenvalue weighted by atomic mass is 35.5. The molecule has 0 spiro atoms. The second-order valence-electron chi connectivity index (χ2n) is 6.40. The highest BCUT2D eigenvalue weighted by Crippen LogP contribution is 2.25. The van der Waals surface area contributed by atoms with E-state index in [-0.39, 0.29) is 29.7 Å². The van der Waals surface area contributed by atoms with E-state index in [2.05, 4.69) is 16.0 Å². The lowest BCUT2D eigenvalue weighted by Crippen LogP contribution is -2.29. The van der Waals surface area contributed by atoms with Crippen LogP contribution in [0.3, 0.4) is 0 Å². The number of anilines is 1. The lowest BCUT2D eigenvalue weighted by molar-refractivity contribution is -0.116. The number of Topliss-reactive ketones (excluding diaryl/α,β-unsaturated/α-hetero) is 1. The quantitative estimate of drug-likeness (QED) is 0.556. The van der Waals surface area contributed by atoms with Crippen molar-refractivity contribution in [3.63, 3.8) is 0 Å². The Morgan fingerprint density at radius 1 is 1.33 bits per heavy atom. The number of carbonyl (C=O) groups is 4. The molecule has 168 valence electrons. The van der Waals surface area contributed by atoms with Crippen molar-refractivity contribution >= 4 is 41.5 Å². The number of nitrogens with one attached hydrogen (secondary N) is 3. The van der Waals surface area contributed by atoms with Crippen LogP contribution in [0.1, 0.15) is 50.4 Å². The number of alkyl halides is 1. The summed E-state index contributed by atoms with van der Waals surface area (Å²) < 4.78 is 16.5. The van der Waals surface area contributed by atoms with E-state index in [4.69, 9.17) is 21.1 Å². The molecule has 0 radical (unpaired) electrons. The van der Waals surface area contributed by atoms with Crippen molar-refractivity contribution in [3.8, 4) is 0 Å². The molecule has 30 heavy (non-hydrogen) atoms. The van der Waals surface area contributed by atoms with Crippen molar-refractivity contribution in [2.45, 2.75) is 52.3 Å². The minimum atomic E-state index is -0.616. The monoisotopic (exact) mass is 445 g/mol. The molecule has 1 fully saturated rings. The summed E-state index contributed by atoms with van der Waals surface area (Å²) >= 11 is 5.86. The standard InChI is InChI=1S/C14H15ClN2O4.C4H9F.C2H5NO/c1-8(18)7-16-13(19)11-6-9(15)2-5-12(11)17-14(20)21-10-3-4-10;1-3-4(2)5;1-3-2-4/h2,5-6,10H,3-4,7H2,1H3,(H,16,19)(H,17,20);4H,3H2,1-2H3;2H,1H3,(H,3,4). The van der Waals surface area contributed by atoms with Crippen LogP contribution < -0.4 is 16.0 Å². The average molecular weight is 446 g/mol. The summed E-state index contributed by atoms with van der Waals surface area (Å²) in [5, 5.41) is 7.57. The molecule has 1 atom stereocenters. The van der Waals surface area contributed by atoms with Crippen molar-refractivity contribution in [1.82, 2.24) is 10.6 Å². The molecule has 1 aliphatic rings. The molecule has 1 aliphatic carbocycles. The molecule has 2 rings (SSSR count). The minimum Gasteiger partial charge on any atom is -0.446 e. The van der Waals surface area contributed by atoms with Crippen LogP contribution in [0.15, 0.2) is 18.2 Å². The van der Waals surface area contributed by atoms with E-state index >= 15 is 0 Å². The molecule has 10 heteroatoms. The first kappa shape index (κ1) is 27.3. The molecule has 1 aromatic rings. The van der Waals surface area contributed by atoms with Gasteiger partial charge in [0.25, 0.3) is 5.91 Å². The number of ketones is 1. The molecule has 1 saturated carbocycles. The first-order chi connectivity index (χ1) is 14.1. The van der Waals surface area contributed by atoms with Gasteiger partial charge < -0.3 is 15.4 Å². The van der Waals surface area contributed by atoms with Crippen molar-refractivity contribution in [1.29, 1.82) is 0 Å². The molecular formula is C20H29ClFN3O5. The number of carbonyl (C=O) groups excluding carboxylic acids is 4. The SMILES string of the molecule is CC(=O)CNC(=O)c1cc(Cl)ccc1NC(=O)OC1CC1.CCC(C)F.CNC=O. The van der Waals surface area contributed by atoms with Gasteiger partial charge in [-0.25, -0.2) is 9.18 Å². The van der Waals surface area contributed by atoms with Crippen LogP contribution in [-0.4, -0.2) is 50.1 Å². The first-order valence-corrected chi connectivity index (χ1v) is 9.82. The number of hydrogen-bond donors (Lipinski definition) is 3.